The number of likely N-dealkylation sites (N-methyl/N-ethyl adjacent to an activating group) is 1. The van der Waals surface area contributed by atoms with Crippen molar-refractivity contribution in [3.8, 4) is 0 Å². The molecule has 0 spiro atoms. The SMILES string of the molecule is CNCC(=O)Nc1ccc(C(F)(F)F)cc1C. The molecule has 94 valence electrons. The molecule has 1 aromatic rings. The largest absolute Gasteiger partial charge is 0.416 e. The van der Waals surface area contributed by atoms with Crippen molar-refractivity contribution in [1.82, 2.24) is 5.32 Å². The van der Waals surface area contributed by atoms with Gasteiger partial charge in [0, 0.05) is 5.69 Å². The van der Waals surface area contributed by atoms with Gasteiger partial charge in [-0.3, -0.25) is 4.79 Å². The molecule has 0 heterocycles. The number of carbonyl (C=O) groups is 1. The third kappa shape index (κ3) is 3.74. The summed E-state index contributed by atoms with van der Waals surface area (Å²) in [6, 6.07) is 3.21. The molecule has 1 rings (SSSR count). The predicted octanol–water partition coefficient (Wildman–Crippen LogP) is 2.17. The van der Waals surface area contributed by atoms with Crippen LogP contribution in [0.4, 0.5) is 18.9 Å². The van der Waals surface area contributed by atoms with Crippen LogP contribution in [0, 0.1) is 6.92 Å². The fourth-order valence-corrected chi connectivity index (χ4v) is 1.34. The maximum Gasteiger partial charge on any atom is 0.416 e. The summed E-state index contributed by atoms with van der Waals surface area (Å²) in [7, 11) is 1.61. The molecule has 1 aromatic carbocycles. The second-order valence-corrected chi connectivity index (χ2v) is 3.61. The highest BCUT2D eigenvalue weighted by Gasteiger charge is 2.30. The van der Waals surface area contributed by atoms with Gasteiger partial charge in [-0.05, 0) is 37.7 Å². The maximum absolute atomic E-state index is 12.4. The van der Waals surface area contributed by atoms with Gasteiger partial charge in [-0.25, -0.2) is 0 Å². The topological polar surface area (TPSA) is 41.1 Å². The Morgan fingerprint density at radius 2 is 2.00 bits per heavy atom. The number of carbonyl (C=O) groups excluding carboxylic acids is 1. The normalized spacial score (nSPS) is 11.4. The summed E-state index contributed by atoms with van der Waals surface area (Å²) in [6.07, 6.45) is -4.36. The number of halogens is 3. The van der Waals surface area contributed by atoms with E-state index in [-0.39, 0.29) is 12.5 Å². The molecule has 0 radical (unpaired) electrons. The quantitative estimate of drug-likeness (QED) is 0.858. The Morgan fingerprint density at radius 3 is 2.47 bits per heavy atom. The molecule has 2 N–H and O–H groups in total. The van der Waals surface area contributed by atoms with E-state index in [0.29, 0.717) is 11.3 Å². The maximum atomic E-state index is 12.4. The van der Waals surface area contributed by atoms with Gasteiger partial charge < -0.3 is 10.6 Å². The highest BCUT2D eigenvalue weighted by molar-refractivity contribution is 5.92. The minimum Gasteiger partial charge on any atom is -0.325 e. The highest BCUT2D eigenvalue weighted by Crippen LogP contribution is 2.31. The molecule has 17 heavy (non-hydrogen) atoms. The number of nitrogens with one attached hydrogen (secondary N) is 2. The lowest BCUT2D eigenvalue weighted by Crippen LogP contribution is -2.25. The minimum atomic E-state index is -4.36. The van der Waals surface area contributed by atoms with Crippen molar-refractivity contribution in [2.75, 3.05) is 18.9 Å². The molecule has 1 amide bonds. The second-order valence-electron chi connectivity index (χ2n) is 3.61. The number of rotatable bonds is 3. The van der Waals surface area contributed by atoms with Gasteiger partial charge in [0.15, 0.2) is 0 Å². The fraction of sp³-hybridized carbons (Fsp3) is 0.364. The van der Waals surface area contributed by atoms with Gasteiger partial charge in [-0.1, -0.05) is 0 Å². The lowest BCUT2D eigenvalue weighted by atomic mass is 10.1. The van der Waals surface area contributed by atoms with E-state index in [1.807, 2.05) is 0 Å². The van der Waals surface area contributed by atoms with Gasteiger partial charge in [0.05, 0.1) is 12.1 Å². The highest BCUT2D eigenvalue weighted by atomic mass is 19.4. The summed E-state index contributed by atoms with van der Waals surface area (Å²) < 4.78 is 37.2. The van der Waals surface area contributed by atoms with Crippen LogP contribution in [0.2, 0.25) is 0 Å². The Bertz CT molecular complexity index is 416. The summed E-state index contributed by atoms with van der Waals surface area (Å²) in [6.45, 7) is 1.63. The van der Waals surface area contributed by atoms with Crippen molar-refractivity contribution in [3.63, 3.8) is 0 Å². The standard InChI is InChI=1S/C11H13F3N2O/c1-7-5-8(11(12,13)14)3-4-9(7)16-10(17)6-15-2/h3-5,15H,6H2,1-2H3,(H,16,17). The molecule has 0 fully saturated rings. The van der Waals surface area contributed by atoms with Gasteiger partial charge >= 0.3 is 6.18 Å². The van der Waals surface area contributed by atoms with Crippen molar-refractivity contribution in [2.24, 2.45) is 0 Å². The van der Waals surface area contributed by atoms with E-state index in [1.165, 1.54) is 13.0 Å². The summed E-state index contributed by atoms with van der Waals surface area (Å²) >= 11 is 0. The van der Waals surface area contributed by atoms with Gasteiger partial charge in [0.1, 0.15) is 0 Å². The number of hydrogen-bond acceptors (Lipinski definition) is 2. The Kier molecular flexibility index (Phi) is 4.11. The molecule has 0 aliphatic rings. The van der Waals surface area contributed by atoms with E-state index >= 15 is 0 Å². The van der Waals surface area contributed by atoms with Crippen LogP contribution in [-0.4, -0.2) is 19.5 Å². The Hall–Kier alpha value is -1.56. The molecule has 0 bridgehead atoms. The van der Waals surface area contributed by atoms with Crippen LogP contribution in [0.1, 0.15) is 11.1 Å². The Labute approximate surface area is 97.0 Å². The average Bonchev–Trinajstić information content (AvgIpc) is 2.20. The van der Waals surface area contributed by atoms with Gasteiger partial charge in [0.25, 0.3) is 0 Å². The molecule has 0 aliphatic carbocycles. The van der Waals surface area contributed by atoms with Crippen LogP contribution in [0.3, 0.4) is 0 Å². The van der Waals surface area contributed by atoms with Crippen LogP contribution in [0.15, 0.2) is 18.2 Å². The van der Waals surface area contributed by atoms with Crippen molar-refractivity contribution in [1.29, 1.82) is 0 Å². The smallest absolute Gasteiger partial charge is 0.325 e. The zero-order valence-corrected chi connectivity index (χ0v) is 9.48. The zero-order valence-electron chi connectivity index (χ0n) is 9.48. The van der Waals surface area contributed by atoms with E-state index in [9.17, 15) is 18.0 Å². The number of aryl methyl sites for hydroxylation is 1. The Balaban J connectivity index is 2.87. The van der Waals surface area contributed by atoms with E-state index in [2.05, 4.69) is 10.6 Å². The van der Waals surface area contributed by atoms with Crippen molar-refractivity contribution in [2.45, 2.75) is 13.1 Å². The third-order valence-electron chi connectivity index (χ3n) is 2.17. The summed E-state index contributed by atoms with van der Waals surface area (Å²) in [5.74, 6) is -0.296. The number of hydrogen-bond donors (Lipinski definition) is 2. The van der Waals surface area contributed by atoms with E-state index in [0.717, 1.165) is 12.1 Å². The fourth-order valence-electron chi connectivity index (χ4n) is 1.34. The first kappa shape index (κ1) is 13.5. The Morgan fingerprint density at radius 1 is 1.35 bits per heavy atom. The molecule has 0 atom stereocenters. The zero-order chi connectivity index (χ0) is 13.1. The van der Waals surface area contributed by atoms with Crippen molar-refractivity contribution in [3.05, 3.63) is 29.3 Å². The number of benzene rings is 1. The molecular formula is C11H13F3N2O. The summed E-state index contributed by atoms with van der Waals surface area (Å²) in [4.78, 5) is 11.3. The third-order valence-corrected chi connectivity index (χ3v) is 2.17. The lowest BCUT2D eigenvalue weighted by molar-refractivity contribution is -0.137. The molecular weight excluding hydrogens is 233 g/mol. The van der Waals surface area contributed by atoms with Gasteiger partial charge in [-0.2, -0.15) is 13.2 Å². The van der Waals surface area contributed by atoms with E-state index < -0.39 is 11.7 Å². The summed E-state index contributed by atoms with van der Waals surface area (Å²) in [5.41, 5.74) is 0.0455. The van der Waals surface area contributed by atoms with Crippen LogP contribution in [0.5, 0.6) is 0 Å². The van der Waals surface area contributed by atoms with Gasteiger partial charge in [0.2, 0.25) is 5.91 Å². The lowest BCUT2D eigenvalue weighted by Gasteiger charge is -2.11. The van der Waals surface area contributed by atoms with Crippen LogP contribution in [-0.2, 0) is 11.0 Å². The molecule has 0 saturated heterocycles. The molecule has 0 aliphatic heterocycles. The van der Waals surface area contributed by atoms with Gasteiger partial charge in [-0.15, -0.1) is 0 Å². The van der Waals surface area contributed by atoms with Crippen LogP contribution >= 0.6 is 0 Å². The first-order valence-electron chi connectivity index (χ1n) is 4.97. The summed E-state index contributed by atoms with van der Waals surface area (Å²) in [5, 5.41) is 5.17. The van der Waals surface area contributed by atoms with E-state index in [1.54, 1.807) is 7.05 Å². The molecule has 6 heteroatoms. The second kappa shape index (κ2) is 5.18. The number of anilines is 1. The first-order valence-corrected chi connectivity index (χ1v) is 4.97. The van der Waals surface area contributed by atoms with Crippen LogP contribution < -0.4 is 10.6 Å². The first-order chi connectivity index (χ1) is 7.84. The molecule has 0 unspecified atom stereocenters. The molecule has 3 nitrogen and oxygen atoms in total. The number of amides is 1. The van der Waals surface area contributed by atoms with Crippen molar-refractivity contribution < 1.29 is 18.0 Å². The molecule has 0 aromatic heterocycles. The van der Waals surface area contributed by atoms with Crippen molar-refractivity contribution >= 4 is 11.6 Å². The monoisotopic (exact) mass is 246 g/mol. The number of alkyl halides is 3. The van der Waals surface area contributed by atoms with E-state index in [4.69, 9.17) is 0 Å². The van der Waals surface area contributed by atoms with Crippen LogP contribution in [0.25, 0.3) is 0 Å². The predicted molar refractivity (Wildman–Crippen MR) is 58.7 cm³/mol. The minimum absolute atomic E-state index is 0.112. The average molecular weight is 246 g/mol. The molecule has 0 saturated carbocycles.